The van der Waals surface area contributed by atoms with E-state index in [4.69, 9.17) is 4.74 Å². The van der Waals surface area contributed by atoms with E-state index >= 15 is 0 Å². The van der Waals surface area contributed by atoms with Gasteiger partial charge < -0.3 is 25.3 Å². The van der Waals surface area contributed by atoms with Gasteiger partial charge in [0, 0.05) is 65.6 Å². The van der Waals surface area contributed by atoms with Crippen LogP contribution in [0.15, 0.2) is 41.6 Å². The number of amides is 2. The molecule has 0 atom stereocenters. The van der Waals surface area contributed by atoms with Gasteiger partial charge >= 0.3 is 6.09 Å². The number of ether oxygens (including phenoxy) is 1. The molecular formula is C30H38N6O4. The third-order valence-electron chi connectivity index (χ3n) is 7.70. The fourth-order valence-corrected chi connectivity index (χ4v) is 5.58. The summed E-state index contributed by atoms with van der Waals surface area (Å²) in [6.45, 7) is 8.65. The van der Waals surface area contributed by atoms with Crippen LogP contribution in [0.25, 0.3) is 11.3 Å². The Labute approximate surface area is 234 Å². The van der Waals surface area contributed by atoms with Gasteiger partial charge in [-0.15, -0.1) is 0 Å². The minimum atomic E-state index is -0.401. The number of hydrogen-bond donors (Lipinski definition) is 3. The number of aromatic amines is 1. The number of carbonyl (C=O) groups excluding carboxylic acids is 2. The molecule has 1 saturated carbocycles. The van der Waals surface area contributed by atoms with Gasteiger partial charge in [0.05, 0.1) is 19.0 Å². The monoisotopic (exact) mass is 546 g/mol. The molecule has 0 bridgehead atoms. The van der Waals surface area contributed by atoms with Crippen molar-refractivity contribution >= 4 is 17.7 Å². The van der Waals surface area contributed by atoms with Gasteiger partial charge in [0.15, 0.2) is 0 Å². The predicted octanol–water partition coefficient (Wildman–Crippen LogP) is 4.18. The molecule has 0 radical (unpaired) electrons. The Morgan fingerprint density at radius 1 is 1.10 bits per heavy atom. The molecule has 212 valence electrons. The zero-order valence-corrected chi connectivity index (χ0v) is 23.8. The lowest BCUT2D eigenvalue weighted by Crippen LogP contribution is -2.44. The number of anilines is 1. The van der Waals surface area contributed by atoms with Crippen LogP contribution < -0.4 is 21.1 Å². The zero-order chi connectivity index (χ0) is 28.8. The molecule has 0 aliphatic heterocycles. The Morgan fingerprint density at radius 2 is 1.85 bits per heavy atom. The van der Waals surface area contributed by atoms with Gasteiger partial charge in [-0.1, -0.05) is 0 Å². The lowest BCUT2D eigenvalue weighted by molar-refractivity contribution is 0.0950. The van der Waals surface area contributed by atoms with Gasteiger partial charge in [0.2, 0.25) is 0 Å². The number of H-pyrrole nitrogens is 1. The molecule has 0 unspecified atom stereocenters. The number of hydrogen-bond acceptors (Lipinski definition) is 7. The molecule has 1 aliphatic carbocycles. The Balaban J connectivity index is 1.64. The molecule has 1 fully saturated rings. The summed E-state index contributed by atoms with van der Waals surface area (Å²) in [5, 5.41) is 5.88. The van der Waals surface area contributed by atoms with Crippen LogP contribution in [0.4, 0.5) is 10.5 Å². The van der Waals surface area contributed by atoms with E-state index in [2.05, 4.69) is 43.5 Å². The molecule has 40 heavy (non-hydrogen) atoms. The maximum atomic E-state index is 13.6. The third kappa shape index (κ3) is 6.50. The van der Waals surface area contributed by atoms with Crippen LogP contribution in [0.1, 0.15) is 65.3 Å². The topological polar surface area (TPSA) is 129 Å². The van der Waals surface area contributed by atoms with Crippen LogP contribution in [0, 0.1) is 20.8 Å². The number of nitrogens with one attached hydrogen (secondary N) is 3. The predicted molar refractivity (Wildman–Crippen MR) is 155 cm³/mol. The molecule has 1 aromatic carbocycles. The van der Waals surface area contributed by atoms with Crippen molar-refractivity contribution in [1.82, 2.24) is 25.6 Å². The van der Waals surface area contributed by atoms with Crippen molar-refractivity contribution in [3.8, 4) is 11.3 Å². The quantitative estimate of drug-likeness (QED) is 0.387. The Morgan fingerprint density at radius 3 is 2.48 bits per heavy atom. The molecule has 10 heteroatoms. The second-order valence-electron chi connectivity index (χ2n) is 10.3. The van der Waals surface area contributed by atoms with Gasteiger partial charge in [-0.2, -0.15) is 0 Å². The molecule has 3 aromatic rings. The largest absolute Gasteiger partial charge is 0.453 e. The van der Waals surface area contributed by atoms with Crippen LogP contribution in [0.2, 0.25) is 0 Å². The fraction of sp³-hybridized carbons (Fsp3) is 0.433. The summed E-state index contributed by atoms with van der Waals surface area (Å²) in [7, 11) is 1.38. The summed E-state index contributed by atoms with van der Waals surface area (Å²) in [6, 6.07) is 6.16. The summed E-state index contributed by atoms with van der Waals surface area (Å²) >= 11 is 0. The highest BCUT2D eigenvalue weighted by molar-refractivity contribution is 5.98. The van der Waals surface area contributed by atoms with Crippen molar-refractivity contribution in [2.75, 3.05) is 18.6 Å². The van der Waals surface area contributed by atoms with Crippen molar-refractivity contribution in [2.24, 2.45) is 0 Å². The third-order valence-corrected chi connectivity index (χ3v) is 7.70. The number of rotatable bonds is 8. The lowest BCUT2D eigenvalue weighted by atomic mass is 9.89. The number of aryl methyl sites for hydroxylation is 2. The number of pyridine rings is 1. The van der Waals surface area contributed by atoms with Crippen LogP contribution >= 0.6 is 0 Å². The van der Waals surface area contributed by atoms with E-state index in [0.717, 1.165) is 60.3 Å². The van der Waals surface area contributed by atoms with E-state index in [0.29, 0.717) is 16.8 Å². The molecule has 3 N–H and O–H groups in total. The zero-order valence-electron chi connectivity index (χ0n) is 23.8. The van der Waals surface area contributed by atoms with Crippen LogP contribution in [0.5, 0.6) is 0 Å². The number of nitrogens with zero attached hydrogens (tertiary/aromatic N) is 3. The molecule has 0 spiro atoms. The molecule has 10 nitrogen and oxygen atoms in total. The van der Waals surface area contributed by atoms with E-state index in [1.807, 2.05) is 32.9 Å². The number of methoxy groups -OCH3 is 1. The van der Waals surface area contributed by atoms with Crippen molar-refractivity contribution in [3.05, 3.63) is 75.1 Å². The molecule has 2 heterocycles. The van der Waals surface area contributed by atoms with E-state index in [9.17, 15) is 14.4 Å². The summed E-state index contributed by atoms with van der Waals surface area (Å²) in [4.78, 5) is 51.6. The van der Waals surface area contributed by atoms with Gasteiger partial charge in [-0.25, -0.2) is 4.79 Å². The van der Waals surface area contributed by atoms with Crippen molar-refractivity contribution in [1.29, 1.82) is 0 Å². The normalized spacial score (nSPS) is 16.7. The average molecular weight is 547 g/mol. The number of benzene rings is 1. The smallest absolute Gasteiger partial charge is 0.407 e. The molecule has 4 rings (SSSR count). The SMILES string of the molecule is CCN(c1cc(-c2cnccn2)cc(C(=O)NCc2c(C)cc(C)[nH]c2=O)c1C)[C@H]1CC[C@H](NC(=O)OC)CC1. The van der Waals surface area contributed by atoms with Crippen LogP contribution in [-0.4, -0.2) is 52.7 Å². The maximum absolute atomic E-state index is 13.6. The highest BCUT2D eigenvalue weighted by Crippen LogP contribution is 2.34. The number of carbonyl (C=O) groups is 2. The molecule has 2 aromatic heterocycles. The number of aromatic nitrogens is 3. The lowest BCUT2D eigenvalue weighted by Gasteiger charge is -2.39. The van der Waals surface area contributed by atoms with Crippen molar-refractivity contribution < 1.29 is 14.3 Å². The molecule has 2 amide bonds. The van der Waals surface area contributed by atoms with Crippen molar-refractivity contribution in [2.45, 2.75) is 72.0 Å². The standard InChI is InChI=1S/C30H38N6O4/c1-6-36(23-9-7-22(8-10-23)35-30(39)40-5)27-15-21(26-17-31-11-12-32-26)14-24(20(27)4)28(37)33-16-25-18(2)13-19(3)34-29(25)38/h11-15,17,22-23H,6-10,16H2,1-5H3,(H,33,37)(H,34,38)(H,35,39)/t22-,23-. The van der Waals surface area contributed by atoms with Gasteiger partial charge in [0.1, 0.15) is 0 Å². The Bertz CT molecular complexity index is 1410. The van der Waals surface area contributed by atoms with E-state index in [-0.39, 0.29) is 30.1 Å². The first-order chi connectivity index (χ1) is 19.2. The summed E-state index contributed by atoms with van der Waals surface area (Å²) in [5.74, 6) is -0.258. The Kier molecular flexibility index (Phi) is 9.19. The highest BCUT2D eigenvalue weighted by Gasteiger charge is 2.28. The van der Waals surface area contributed by atoms with E-state index in [1.54, 1.807) is 18.6 Å². The fourth-order valence-electron chi connectivity index (χ4n) is 5.58. The van der Waals surface area contributed by atoms with Crippen LogP contribution in [0.3, 0.4) is 0 Å². The Hall–Kier alpha value is -4.21. The van der Waals surface area contributed by atoms with E-state index < -0.39 is 6.09 Å². The first-order valence-corrected chi connectivity index (χ1v) is 13.7. The van der Waals surface area contributed by atoms with Crippen LogP contribution in [-0.2, 0) is 11.3 Å². The first kappa shape index (κ1) is 28.8. The maximum Gasteiger partial charge on any atom is 0.407 e. The summed E-state index contributed by atoms with van der Waals surface area (Å²) in [5.41, 5.74) is 5.77. The number of alkyl carbamates (subject to hydrolysis) is 1. The highest BCUT2D eigenvalue weighted by atomic mass is 16.5. The molecule has 1 aliphatic rings. The summed E-state index contributed by atoms with van der Waals surface area (Å²) in [6.07, 6.45) is 8.02. The minimum Gasteiger partial charge on any atom is -0.453 e. The van der Waals surface area contributed by atoms with Gasteiger partial charge in [-0.05, 0) is 82.7 Å². The van der Waals surface area contributed by atoms with Crippen molar-refractivity contribution in [3.63, 3.8) is 0 Å². The minimum absolute atomic E-state index is 0.0872. The second kappa shape index (κ2) is 12.8. The summed E-state index contributed by atoms with van der Waals surface area (Å²) < 4.78 is 4.76. The molecule has 0 saturated heterocycles. The molecular weight excluding hydrogens is 508 g/mol. The van der Waals surface area contributed by atoms with Gasteiger partial charge in [0.25, 0.3) is 11.5 Å². The van der Waals surface area contributed by atoms with Gasteiger partial charge in [-0.3, -0.25) is 19.6 Å². The van der Waals surface area contributed by atoms with E-state index in [1.165, 1.54) is 7.11 Å². The first-order valence-electron chi connectivity index (χ1n) is 13.7. The second-order valence-corrected chi connectivity index (χ2v) is 10.3. The average Bonchev–Trinajstić information content (AvgIpc) is 2.94.